The topological polar surface area (TPSA) is 84.6 Å². The summed E-state index contributed by atoms with van der Waals surface area (Å²) in [5.74, 6) is -0.821. The van der Waals surface area contributed by atoms with E-state index in [1.54, 1.807) is 0 Å². The summed E-state index contributed by atoms with van der Waals surface area (Å²) in [4.78, 5) is 21.3. The minimum Gasteiger partial charge on any atom is -0.315 e. The first kappa shape index (κ1) is 34.2. The lowest BCUT2D eigenvalue weighted by molar-refractivity contribution is -0.302. The molecule has 1 unspecified atom stereocenters. The smallest absolute Gasteiger partial charge is 0.315 e. The second kappa shape index (κ2) is 15.1. The van der Waals surface area contributed by atoms with E-state index in [9.17, 15) is 22.4 Å². The molecular weight excluding hydrogens is 655 g/mol. The number of benzene rings is 3. The lowest BCUT2D eigenvalue weighted by Crippen LogP contribution is -2.42. The number of anilines is 1. The van der Waals surface area contributed by atoms with Gasteiger partial charge in [-0.15, -0.1) is 0 Å². The average Bonchev–Trinajstić information content (AvgIpc) is 3.63. The molecule has 0 aliphatic carbocycles. The molecule has 0 radical (unpaired) electrons. The third kappa shape index (κ3) is 8.54. The number of para-hydroxylation sites is 1. The van der Waals surface area contributed by atoms with Crippen LogP contribution in [0.4, 0.5) is 23.2 Å². The number of carbonyl (C=O) groups is 1. The van der Waals surface area contributed by atoms with Gasteiger partial charge in [-0.2, -0.15) is 18.9 Å². The lowest BCUT2D eigenvalue weighted by Gasteiger charge is -2.23. The number of amidine groups is 1. The molecule has 0 fully saturated rings. The first-order chi connectivity index (χ1) is 21.4. The highest BCUT2D eigenvalue weighted by Crippen LogP contribution is 2.36. The van der Waals surface area contributed by atoms with Crippen LogP contribution in [0.5, 0.6) is 0 Å². The number of hydrazine groups is 1. The van der Waals surface area contributed by atoms with Crippen LogP contribution in [-0.4, -0.2) is 56.2 Å². The number of hydrogen-bond donors (Lipinski definition) is 1. The Morgan fingerprint density at radius 3 is 2.29 bits per heavy atom. The van der Waals surface area contributed by atoms with E-state index in [1.165, 1.54) is 52.3 Å². The third-order valence-corrected chi connectivity index (χ3v) is 7.87. The maximum Gasteiger partial charge on any atom is 0.416 e. The number of alkyl halides is 4. The molecule has 1 N–H and O–H groups in total. The number of nitrogens with zero attached hydrogens (tertiary/aromatic N) is 5. The average molecular weight is 684 g/mol. The summed E-state index contributed by atoms with van der Waals surface area (Å²) >= 11 is 13.3. The summed E-state index contributed by atoms with van der Waals surface area (Å²) in [6.07, 6.45) is -3.92. The fraction of sp³-hybridized carbons (Fsp3) is 0.267. The van der Waals surface area contributed by atoms with E-state index in [2.05, 4.69) is 25.2 Å². The second-order valence-electron chi connectivity index (χ2n) is 9.81. The monoisotopic (exact) mass is 682 g/mol. The van der Waals surface area contributed by atoms with Gasteiger partial charge in [0, 0.05) is 16.0 Å². The molecule has 1 amide bonds. The first-order valence-electron chi connectivity index (χ1n) is 13.4. The summed E-state index contributed by atoms with van der Waals surface area (Å²) in [5, 5.41) is 6.63. The lowest BCUT2D eigenvalue weighted by atomic mass is 9.92. The second-order valence-corrected chi connectivity index (χ2v) is 11.4. The number of aromatic nitrogens is 3. The molecule has 0 spiro atoms. The number of ether oxygens (including phenoxy) is 1. The van der Waals surface area contributed by atoms with Gasteiger partial charge in [0.05, 0.1) is 18.8 Å². The molecule has 45 heavy (non-hydrogen) atoms. The number of rotatable bonds is 10. The van der Waals surface area contributed by atoms with Crippen LogP contribution < -0.4 is 5.43 Å². The number of aliphatic imine (C=N–C) groups is 1. The van der Waals surface area contributed by atoms with Crippen LogP contribution >= 0.6 is 35.0 Å². The maximum atomic E-state index is 13.0. The molecule has 2 heterocycles. The van der Waals surface area contributed by atoms with Crippen LogP contribution in [0.1, 0.15) is 24.0 Å². The molecular formula is C30H28Cl2F4N6O2S. The zero-order chi connectivity index (χ0) is 32.6. The zero-order valence-corrected chi connectivity index (χ0v) is 26.3. The van der Waals surface area contributed by atoms with E-state index < -0.39 is 30.6 Å². The number of halogens is 6. The fourth-order valence-corrected chi connectivity index (χ4v) is 5.47. The third-order valence-electron chi connectivity index (χ3n) is 6.67. The fourth-order valence-electron chi connectivity index (χ4n) is 4.32. The van der Waals surface area contributed by atoms with Crippen LogP contribution in [-0.2, 0) is 21.6 Å². The Labute approximate surface area is 271 Å². The molecule has 4 aromatic rings. The van der Waals surface area contributed by atoms with Crippen LogP contribution in [0.3, 0.4) is 0 Å². The van der Waals surface area contributed by atoms with Crippen molar-refractivity contribution in [1.82, 2.24) is 19.8 Å². The number of hydrogen-bond acceptors (Lipinski definition) is 7. The van der Waals surface area contributed by atoms with Crippen LogP contribution in [0, 0.1) is 0 Å². The minimum absolute atomic E-state index is 0.0701. The highest BCUT2D eigenvalue weighted by Gasteiger charge is 2.46. The van der Waals surface area contributed by atoms with Gasteiger partial charge in [0.1, 0.15) is 12.7 Å². The van der Waals surface area contributed by atoms with Gasteiger partial charge >= 0.3 is 12.5 Å². The first-order valence-corrected chi connectivity index (χ1v) is 15.4. The van der Waals surface area contributed by atoms with Crippen molar-refractivity contribution >= 4 is 51.7 Å². The normalized spacial score (nSPS) is 17.1. The zero-order valence-electron chi connectivity index (χ0n) is 24.0. The van der Waals surface area contributed by atoms with Crippen LogP contribution in [0.25, 0.3) is 0 Å². The van der Waals surface area contributed by atoms with Crippen molar-refractivity contribution in [2.75, 3.05) is 18.3 Å². The van der Waals surface area contributed by atoms with E-state index in [0.717, 1.165) is 11.3 Å². The van der Waals surface area contributed by atoms with Gasteiger partial charge in [-0.3, -0.25) is 14.9 Å². The molecule has 5 rings (SSSR count). The van der Waals surface area contributed by atoms with Gasteiger partial charge in [0.2, 0.25) is 0 Å². The number of carbonyl (C=O) groups excluding carboxylic acids is 1. The maximum absolute atomic E-state index is 13.0. The van der Waals surface area contributed by atoms with E-state index >= 15 is 0 Å². The molecule has 0 saturated heterocycles. The standard InChI is InChI=1S/C17H17N3OS.C13H11Cl2F4N3O/c1-17(13-9-5-3-6-10-13)15(21)20(16(18-17)22-2)19-14-11-7-4-8-12-14;14-9-1-2-10(11(15)3-9)8(4-22-7-20-6-21-22)5-23-13(18,19)12(16)17/h3-12,19H,1-2H3;1-3,6-8,12H,4-5H2/t17-;/m0./s1. The number of nitrogens with one attached hydrogen (secondary N) is 1. The number of amides is 1. The van der Waals surface area contributed by atoms with Crippen molar-refractivity contribution in [1.29, 1.82) is 0 Å². The summed E-state index contributed by atoms with van der Waals surface area (Å²) < 4.78 is 55.9. The predicted molar refractivity (Wildman–Crippen MR) is 168 cm³/mol. The molecule has 2 atom stereocenters. The van der Waals surface area contributed by atoms with Crippen molar-refractivity contribution in [3.8, 4) is 0 Å². The van der Waals surface area contributed by atoms with Gasteiger partial charge in [-0.25, -0.2) is 18.8 Å². The summed E-state index contributed by atoms with van der Waals surface area (Å²) in [6.45, 7) is 1.24. The molecule has 238 valence electrons. The Hall–Kier alpha value is -3.65. The van der Waals surface area contributed by atoms with Gasteiger partial charge in [0.15, 0.2) is 10.7 Å². The van der Waals surface area contributed by atoms with E-state index in [-0.39, 0.29) is 17.5 Å². The van der Waals surface area contributed by atoms with Crippen molar-refractivity contribution < 1.29 is 27.1 Å². The summed E-state index contributed by atoms with van der Waals surface area (Å²) in [5.41, 5.74) is 4.44. The van der Waals surface area contributed by atoms with Crippen molar-refractivity contribution in [3.05, 3.63) is 113 Å². The Bertz CT molecular complexity index is 1590. The summed E-state index contributed by atoms with van der Waals surface area (Å²) in [6, 6.07) is 23.8. The molecule has 8 nitrogen and oxygen atoms in total. The highest BCUT2D eigenvalue weighted by atomic mass is 35.5. The number of thioether (sulfide) groups is 1. The molecule has 3 aromatic carbocycles. The van der Waals surface area contributed by atoms with Crippen molar-refractivity contribution in [3.63, 3.8) is 0 Å². The highest BCUT2D eigenvalue weighted by molar-refractivity contribution is 8.13. The Morgan fingerprint density at radius 1 is 1.04 bits per heavy atom. The molecule has 1 aliphatic rings. The Kier molecular flexibility index (Phi) is 11.5. The van der Waals surface area contributed by atoms with Crippen LogP contribution in [0.15, 0.2) is 96.5 Å². The van der Waals surface area contributed by atoms with Crippen molar-refractivity contribution in [2.24, 2.45) is 4.99 Å². The van der Waals surface area contributed by atoms with Gasteiger partial charge in [-0.05, 0) is 48.6 Å². The molecule has 1 aromatic heterocycles. The molecule has 15 heteroatoms. The quantitative estimate of drug-likeness (QED) is 0.172. The van der Waals surface area contributed by atoms with E-state index in [0.29, 0.717) is 15.8 Å². The van der Waals surface area contributed by atoms with Crippen molar-refractivity contribution in [2.45, 2.75) is 37.5 Å². The van der Waals surface area contributed by atoms with E-state index in [4.69, 9.17) is 23.2 Å². The minimum atomic E-state index is -4.54. The SMILES string of the molecule is CSC1=N[C@@](C)(c2ccccc2)C(=O)N1Nc1ccccc1.FC(F)C(F)(F)OCC(Cn1cncn1)c1ccc(Cl)cc1Cl. The Balaban J connectivity index is 0.000000205. The largest absolute Gasteiger partial charge is 0.416 e. The Morgan fingerprint density at radius 2 is 1.71 bits per heavy atom. The van der Waals surface area contributed by atoms with Gasteiger partial charge < -0.3 is 4.74 Å². The van der Waals surface area contributed by atoms with Crippen LogP contribution in [0.2, 0.25) is 10.0 Å². The van der Waals surface area contributed by atoms with E-state index in [1.807, 2.05) is 73.8 Å². The predicted octanol–water partition coefficient (Wildman–Crippen LogP) is 7.73. The van der Waals surface area contributed by atoms with Gasteiger partial charge in [-0.1, -0.05) is 89.6 Å². The van der Waals surface area contributed by atoms with Gasteiger partial charge in [0.25, 0.3) is 5.91 Å². The summed E-state index contributed by atoms with van der Waals surface area (Å²) in [7, 11) is 0. The molecule has 0 bridgehead atoms. The molecule has 0 saturated carbocycles. The molecule has 1 aliphatic heterocycles.